The third-order valence-electron chi connectivity index (χ3n) is 3.47. The van der Waals surface area contributed by atoms with Gasteiger partial charge >= 0.3 is 0 Å². The molecule has 1 fully saturated rings. The monoisotopic (exact) mass is 278 g/mol. The van der Waals surface area contributed by atoms with Crippen molar-refractivity contribution in [1.29, 1.82) is 0 Å². The Morgan fingerprint density at radius 1 is 1.20 bits per heavy atom. The first-order valence-electron chi connectivity index (χ1n) is 7.80. The van der Waals surface area contributed by atoms with Crippen molar-refractivity contribution < 1.29 is 4.74 Å². The van der Waals surface area contributed by atoms with E-state index in [1.807, 2.05) is 6.92 Å². The Kier molecular flexibility index (Phi) is 5.44. The quantitative estimate of drug-likeness (QED) is 0.678. The number of ether oxygens (including phenoxy) is 1. The van der Waals surface area contributed by atoms with Crippen LogP contribution in [0.5, 0.6) is 5.88 Å². The number of hydrogen-bond acceptors (Lipinski definition) is 5. The van der Waals surface area contributed by atoms with Gasteiger partial charge in [0.2, 0.25) is 5.88 Å². The lowest BCUT2D eigenvalue weighted by molar-refractivity contribution is 0.327. The summed E-state index contributed by atoms with van der Waals surface area (Å²) in [5.41, 5.74) is 6.62. The molecule has 20 heavy (non-hydrogen) atoms. The molecule has 5 nitrogen and oxygen atoms in total. The van der Waals surface area contributed by atoms with Crippen molar-refractivity contribution in [2.24, 2.45) is 0 Å². The van der Waals surface area contributed by atoms with Gasteiger partial charge in [0.05, 0.1) is 6.61 Å². The Morgan fingerprint density at radius 3 is 2.65 bits per heavy atom. The molecule has 112 valence electrons. The van der Waals surface area contributed by atoms with E-state index in [9.17, 15) is 0 Å². The molecule has 0 spiro atoms. The van der Waals surface area contributed by atoms with Crippen LogP contribution in [0, 0.1) is 0 Å². The number of nitrogens with two attached hydrogens (primary N) is 1. The Bertz CT molecular complexity index is 432. The molecule has 1 heterocycles. The van der Waals surface area contributed by atoms with Crippen molar-refractivity contribution in [2.45, 2.75) is 58.3 Å². The van der Waals surface area contributed by atoms with Crippen molar-refractivity contribution in [2.75, 3.05) is 24.2 Å². The Labute approximate surface area is 121 Å². The highest BCUT2D eigenvalue weighted by Gasteiger charge is 2.28. The minimum atomic E-state index is 0.496. The second kappa shape index (κ2) is 7.31. The van der Waals surface area contributed by atoms with Gasteiger partial charge in [0, 0.05) is 12.5 Å². The van der Waals surface area contributed by atoms with Crippen LogP contribution in [-0.4, -0.2) is 23.1 Å². The lowest BCUT2D eigenvalue weighted by Gasteiger charge is -2.13. The van der Waals surface area contributed by atoms with Crippen molar-refractivity contribution in [3.8, 4) is 5.88 Å². The van der Waals surface area contributed by atoms with Crippen LogP contribution in [0.1, 0.15) is 64.1 Å². The molecule has 0 unspecified atom stereocenters. The summed E-state index contributed by atoms with van der Waals surface area (Å²) in [4.78, 5) is 9.01. The molecule has 5 heteroatoms. The third-order valence-corrected chi connectivity index (χ3v) is 3.47. The molecule has 0 aromatic carbocycles. The zero-order valence-corrected chi connectivity index (χ0v) is 12.6. The van der Waals surface area contributed by atoms with Gasteiger partial charge in [-0.25, -0.2) is 4.98 Å². The third kappa shape index (κ3) is 3.99. The van der Waals surface area contributed by atoms with E-state index in [4.69, 9.17) is 10.5 Å². The minimum Gasteiger partial charge on any atom is -0.476 e. The maximum atomic E-state index is 6.09. The van der Waals surface area contributed by atoms with Crippen LogP contribution < -0.4 is 15.8 Å². The van der Waals surface area contributed by atoms with Crippen LogP contribution in [0.2, 0.25) is 0 Å². The van der Waals surface area contributed by atoms with Crippen LogP contribution in [0.4, 0.5) is 11.5 Å². The molecule has 0 atom stereocenters. The molecule has 0 amide bonds. The zero-order valence-electron chi connectivity index (χ0n) is 12.6. The molecular weight excluding hydrogens is 252 g/mol. The van der Waals surface area contributed by atoms with Crippen LogP contribution in [0.3, 0.4) is 0 Å². The van der Waals surface area contributed by atoms with E-state index in [0.717, 1.165) is 24.6 Å². The average molecular weight is 278 g/mol. The largest absolute Gasteiger partial charge is 0.476 e. The van der Waals surface area contributed by atoms with Gasteiger partial charge in [0.1, 0.15) is 11.5 Å². The summed E-state index contributed by atoms with van der Waals surface area (Å²) in [6.45, 7) is 5.63. The Morgan fingerprint density at radius 2 is 2.00 bits per heavy atom. The lowest BCUT2D eigenvalue weighted by atomic mass is 10.2. The van der Waals surface area contributed by atoms with Gasteiger partial charge < -0.3 is 15.8 Å². The fraction of sp³-hybridized carbons (Fsp3) is 0.733. The highest BCUT2D eigenvalue weighted by Crippen LogP contribution is 2.40. The summed E-state index contributed by atoms with van der Waals surface area (Å²) in [5, 5.41) is 3.34. The normalized spacial score (nSPS) is 14.3. The molecule has 1 saturated carbocycles. The number of aromatic nitrogens is 2. The summed E-state index contributed by atoms with van der Waals surface area (Å²) in [6.07, 6.45) is 7.24. The number of hydrogen-bond donors (Lipinski definition) is 2. The van der Waals surface area contributed by atoms with Gasteiger partial charge in [-0.05, 0) is 26.2 Å². The first-order valence-corrected chi connectivity index (χ1v) is 7.80. The minimum absolute atomic E-state index is 0.496. The second-order valence-corrected chi connectivity index (χ2v) is 5.34. The number of unbranched alkanes of at least 4 members (excludes halogenated alkanes) is 3. The molecule has 1 aromatic heterocycles. The summed E-state index contributed by atoms with van der Waals surface area (Å²) in [7, 11) is 0. The van der Waals surface area contributed by atoms with Gasteiger partial charge in [-0.1, -0.05) is 26.2 Å². The average Bonchev–Trinajstić information content (AvgIpc) is 3.27. The molecule has 1 aromatic rings. The molecule has 0 aliphatic heterocycles. The molecule has 2 rings (SSSR count). The molecular formula is C15H26N4O. The molecule has 0 saturated heterocycles. The molecule has 1 aliphatic rings. The van der Waals surface area contributed by atoms with Crippen molar-refractivity contribution >= 4 is 11.5 Å². The SMILES string of the molecule is CCCCCCNc1nc(C2CC2)nc(OCC)c1N. The van der Waals surface area contributed by atoms with Gasteiger partial charge in [0.15, 0.2) is 5.82 Å². The van der Waals surface area contributed by atoms with E-state index in [2.05, 4.69) is 22.2 Å². The number of nitrogen functional groups attached to an aromatic ring is 1. The number of rotatable bonds is 9. The van der Waals surface area contributed by atoms with Crippen LogP contribution in [0.25, 0.3) is 0 Å². The topological polar surface area (TPSA) is 73.1 Å². The van der Waals surface area contributed by atoms with Crippen molar-refractivity contribution in [3.05, 3.63) is 5.82 Å². The predicted molar refractivity (Wildman–Crippen MR) is 82.2 cm³/mol. The number of nitrogens with one attached hydrogen (secondary N) is 1. The molecule has 3 N–H and O–H groups in total. The van der Waals surface area contributed by atoms with E-state index in [1.54, 1.807) is 0 Å². The molecule has 1 aliphatic carbocycles. The van der Waals surface area contributed by atoms with Crippen molar-refractivity contribution in [1.82, 2.24) is 9.97 Å². The van der Waals surface area contributed by atoms with E-state index < -0.39 is 0 Å². The first kappa shape index (κ1) is 14.9. The van der Waals surface area contributed by atoms with Gasteiger partial charge in [0.25, 0.3) is 0 Å². The summed E-state index contributed by atoms with van der Waals surface area (Å²) in [5.74, 6) is 2.64. The maximum absolute atomic E-state index is 6.09. The van der Waals surface area contributed by atoms with Crippen LogP contribution in [-0.2, 0) is 0 Å². The lowest BCUT2D eigenvalue weighted by Crippen LogP contribution is -2.11. The fourth-order valence-corrected chi connectivity index (χ4v) is 2.13. The second-order valence-electron chi connectivity index (χ2n) is 5.34. The van der Waals surface area contributed by atoms with E-state index in [1.165, 1.54) is 32.1 Å². The molecule has 0 radical (unpaired) electrons. The van der Waals surface area contributed by atoms with Gasteiger partial charge in [-0.15, -0.1) is 0 Å². The maximum Gasteiger partial charge on any atom is 0.242 e. The van der Waals surface area contributed by atoms with E-state index in [-0.39, 0.29) is 0 Å². The summed E-state index contributed by atoms with van der Waals surface area (Å²) in [6, 6.07) is 0. The predicted octanol–water partition coefficient (Wildman–Crippen LogP) is 3.33. The van der Waals surface area contributed by atoms with E-state index in [0.29, 0.717) is 24.1 Å². The van der Waals surface area contributed by atoms with Gasteiger partial charge in [-0.3, -0.25) is 0 Å². The summed E-state index contributed by atoms with van der Waals surface area (Å²) < 4.78 is 5.52. The van der Waals surface area contributed by atoms with Crippen LogP contribution >= 0.6 is 0 Å². The number of anilines is 2. The Hall–Kier alpha value is -1.52. The highest BCUT2D eigenvalue weighted by atomic mass is 16.5. The fourth-order valence-electron chi connectivity index (χ4n) is 2.13. The highest BCUT2D eigenvalue weighted by molar-refractivity contribution is 5.67. The standard InChI is InChI=1S/C15H26N4O/c1-3-5-6-7-10-17-14-12(16)15(20-4-2)19-13(18-14)11-8-9-11/h11H,3-10,16H2,1-2H3,(H,17,18,19). The van der Waals surface area contributed by atoms with Crippen LogP contribution in [0.15, 0.2) is 0 Å². The summed E-state index contributed by atoms with van der Waals surface area (Å²) >= 11 is 0. The van der Waals surface area contributed by atoms with E-state index >= 15 is 0 Å². The number of nitrogens with zero attached hydrogens (tertiary/aromatic N) is 2. The van der Waals surface area contributed by atoms with Gasteiger partial charge in [-0.2, -0.15) is 4.98 Å². The zero-order chi connectivity index (χ0) is 14.4. The smallest absolute Gasteiger partial charge is 0.242 e. The Balaban J connectivity index is 2.01. The first-order chi connectivity index (χ1) is 9.76. The molecule has 0 bridgehead atoms. The van der Waals surface area contributed by atoms with Crippen molar-refractivity contribution in [3.63, 3.8) is 0 Å².